The van der Waals surface area contributed by atoms with Crippen molar-refractivity contribution in [3.05, 3.63) is 47.0 Å². The number of carbonyl (C=O) groups excluding carboxylic acids is 1. The third-order valence-electron chi connectivity index (χ3n) is 5.28. The second-order valence-corrected chi connectivity index (χ2v) is 8.80. The molecule has 1 amide bonds. The second-order valence-electron chi connectivity index (χ2n) is 7.15. The molecule has 0 saturated carbocycles. The van der Waals surface area contributed by atoms with E-state index in [1.807, 2.05) is 24.8 Å². The topological polar surface area (TPSA) is 75.7 Å². The molecule has 1 atom stereocenters. The fourth-order valence-electron chi connectivity index (χ4n) is 3.96. The van der Waals surface area contributed by atoms with Gasteiger partial charge >= 0.3 is 0 Å². The van der Waals surface area contributed by atoms with Gasteiger partial charge in [0.05, 0.1) is 18.7 Å². The normalized spacial score (nSPS) is 18.4. The van der Waals surface area contributed by atoms with Crippen LogP contribution in [0.15, 0.2) is 35.2 Å². The van der Waals surface area contributed by atoms with Crippen molar-refractivity contribution in [1.29, 1.82) is 0 Å². The molecule has 2 aliphatic rings. The van der Waals surface area contributed by atoms with Crippen LogP contribution in [0.2, 0.25) is 0 Å². The Bertz CT molecular complexity index is 1050. The number of rotatable bonds is 4. The first kappa shape index (κ1) is 17.9. The van der Waals surface area contributed by atoms with Gasteiger partial charge in [0.2, 0.25) is 5.91 Å². The fraction of sp³-hybridized carbons (Fsp3) is 0.350. The van der Waals surface area contributed by atoms with Crippen LogP contribution in [0.4, 0.5) is 11.4 Å². The lowest BCUT2D eigenvalue weighted by atomic mass is 9.96. The zero-order valence-electron chi connectivity index (χ0n) is 15.6. The number of methoxy groups -OCH3 is 1. The highest BCUT2D eigenvalue weighted by Gasteiger charge is 2.38. The number of amides is 1. The molecule has 142 valence electrons. The van der Waals surface area contributed by atoms with Crippen molar-refractivity contribution < 1.29 is 17.9 Å². The standard InChI is InChI=1S/C20H22N2O4S/c1-12-6-7-17(26-3)18(9-12)27(24,25)21-15-10-14-5-4-8-22-19(14)16(11-15)13(2)20(22)23/h6-7,9-11,13,21H,4-5,8H2,1-3H3/t13-/m0/s1. The summed E-state index contributed by atoms with van der Waals surface area (Å²) in [6, 6.07) is 8.67. The summed E-state index contributed by atoms with van der Waals surface area (Å²) < 4.78 is 33.9. The SMILES string of the molecule is COc1ccc(C)cc1S(=O)(=O)Nc1cc2c3c(c1)[C@H](C)C(=O)N3CCC2. The molecule has 0 radical (unpaired) electrons. The van der Waals surface area contributed by atoms with Gasteiger partial charge in [-0.25, -0.2) is 8.42 Å². The average molecular weight is 386 g/mol. The Labute approximate surface area is 159 Å². The molecule has 2 aliphatic heterocycles. The number of aryl methyl sites for hydroxylation is 2. The van der Waals surface area contributed by atoms with Crippen molar-refractivity contribution >= 4 is 27.3 Å². The molecule has 4 rings (SSSR count). The number of carbonyl (C=O) groups is 1. The zero-order chi connectivity index (χ0) is 19.3. The van der Waals surface area contributed by atoms with Crippen molar-refractivity contribution in [2.45, 2.75) is 37.5 Å². The summed E-state index contributed by atoms with van der Waals surface area (Å²) in [4.78, 5) is 14.4. The minimum Gasteiger partial charge on any atom is -0.495 e. The highest BCUT2D eigenvalue weighted by molar-refractivity contribution is 7.92. The number of hydrogen-bond acceptors (Lipinski definition) is 4. The first-order valence-electron chi connectivity index (χ1n) is 8.97. The van der Waals surface area contributed by atoms with Crippen molar-refractivity contribution in [1.82, 2.24) is 0 Å². The van der Waals surface area contributed by atoms with Crippen LogP contribution < -0.4 is 14.4 Å². The van der Waals surface area contributed by atoms with E-state index in [2.05, 4.69) is 4.72 Å². The summed E-state index contributed by atoms with van der Waals surface area (Å²) in [5.41, 5.74) is 4.19. The predicted molar refractivity (Wildman–Crippen MR) is 104 cm³/mol. The van der Waals surface area contributed by atoms with E-state index < -0.39 is 10.0 Å². The molecule has 0 aromatic heterocycles. The molecule has 6 nitrogen and oxygen atoms in total. The molecule has 2 heterocycles. The lowest BCUT2D eigenvalue weighted by Gasteiger charge is -2.26. The van der Waals surface area contributed by atoms with E-state index in [1.165, 1.54) is 7.11 Å². The Morgan fingerprint density at radius 2 is 2.00 bits per heavy atom. The summed E-state index contributed by atoms with van der Waals surface area (Å²) >= 11 is 0. The second kappa shape index (κ2) is 6.27. The van der Waals surface area contributed by atoms with E-state index in [0.717, 1.165) is 41.8 Å². The molecule has 7 heteroatoms. The Hall–Kier alpha value is -2.54. The molecule has 0 spiro atoms. The molecule has 0 saturated heterocycles. The monoisotopic (exact) mass is 386 g/mol. The largest absolute Gasteiger partial charge is 0.495 e. The number of sulfonamides is 1. The molecule has 27 heavy (non-hydrogen) atoms. The van der Waals surface area contributed by atoms with Gasteiger partial charge in [0, 0.05) is 12.2 Å². The third-order valence-corrected chi connectivity index (χ3v) is 6.68. The van der Waals surface area contributed by atoms with Gasteiger partial charge in [-0.2, -0.15) is 0 Å². The van der Waals surface area contributed by atoms with Crippen LogP contribution in [-0.2, 0) is 21.2 Å². The van der Waals surface area contributed by atoms with E-state index in [0.29, 0.717) is 11.4 Å². The van der Waals surface area contributed by atoms with Gasteiger partial charge in [-0.1, -0.05) is 6.07 Å². The molecular weight excluding hydrogens is 364 g/mol. The van der Waals surface area contributed by atoms with Gasteiger partial charge in [0.25, 0.3) is 10.0 Å². The summed E-state index contributed by atoms with van der Waals surface area (Å²) in [6.45, 7) is 4.44. The number of benzene rings is 2. The number of nitrogens with one attached hydrogen (secondary N) is 1. The van der Waals surface area contributed by atoms with E-state index in [9.17, 15) is 13.2 Å². The Morgan fingerprint density at radius 3 is 2.74 bits per heavy atom. The Balaban J connectivity index is 1.76. The summed E-state index contributed by atoms with van der Waals surface area (Å²) in [5, 5.41) is 0. The molecule has 2 aromatic rings. The lowest BCUT2D eigenvalue weighted by molar-refractivity contribution is -0.119. The number of ether oxygens (including phenoxy) is 1. The van der Waals surface area contributed by atoms with Crippen LogP contribution in [0.5, 0.6) is 5.75 Å². The Kier molecular flexibility index (Phi) is 4.14. The molecular formula is C20H22N2O4S. The number of hydrogen-bond donors (Lipinski definition) is 1. The minimum absolute atomic E-state index is 0.0892. The first-order valence-corrected chi connectivity index (χ1v) is 10.5. The van der Waals surface area contributed by atoms with Crippen LogP contribution >= 0.6 is 0 Å². The summed E-state index contributed by atoms with van der Waals surface area (Å²) in [6.07, 6.45) is 1.72. The highest BCUT2D eigenvalue weighted by Crippen LogP contribution is 2.44. The van der Waals surface area contributed by atoms with E-state index in [4.69, 9.17) is 4.74 Å². The molecule has 1 N–H and O–H groups in total. The summed E-state index contributed by atoms with van der Waals surface area (Å²) in [5.74, 6) is 0.131. The fourth-order valence-corrected chi connectivity index (χ4v) is 5.25. The molecule has 0 unspecified atom stereocenters. The van der Waals surface area contributed by atoms with Gasteiger partial charge in [0.1, 0.15) is 10.6 Å². The van der Waals surface area contributed by atoms with Crippen LogP contribution in [0, 0.1) is 6.92 Å². The quantitative estimate of drug-likeness (QED) is 0.876. The Morgan fingerprint density at radius 1 is 1.22 bits per heavy atom. The minimum atomic E-state index is -3.82. The maximum atomic E-state index is 13.0. The van der Waals surface area contributed by atoms with Gasteiger partial charge < -0.3 is 9.64 Å². The van der Waals surface area contributed by atoms with Crippen molar-refractivity contribution in [3.8, 4) is 5.75 Å². The zero-order valence-corrected chi connectivity index (χ0v) is 16.4. The smallest absolute Gasteiger partial charge is 0.265 e. The van der Waals surface area contributed by atoms with Crippen molar-refractivity contribution in [2.75, 3.05) is 23.3 Å². The van der Waals surface area contributed by atoms with Crippen LogP contribution in [0.25, 0.3) is 0 Å². The number of anilines is 2. The molecule has 2 aromatic carbocycles. The van der Waals surface area contributed by atoms with Crippen LogP contribution in [0.3, 0.4) is 0 Å². The van der Waals surface area contributed by atoms with Crippen LogP contribution in [-0.4, -0.2) is 28.0 Å². The van der Waals surface area contributed by atoms with Crippen LogP contribution in [0.1, 0.15) is 36.0 Å². The van der Waals surface area contributed by atoms with Gasteiger partial charge in [-0.15, -0.1) is 0 Å². The van der Waals surface area contributed by atoms with Gasteiger partial charge in [-0.05, 0) is 67.6 Å². The summed E-state index contributed by atoms with van der Waals surface area (Å²) in [7, 11) is -2.37. The van der Waals surface area contributed by atoms with E-state index in [-0.39, 0.29) is 16.7 Å². The third kappa shape index (κ3) is 2.86. The average Bonchev–Trinajstić information content (AvgIpc) is 2.88. The van der Waals surface area contributed by atoms with Gasteiger partial charge in [-0.3, -0.25) is 9.52 Å². The van der Waals surface area contributed by atoms with E-state index in [1.54, 1.807) is 24.3 Å². The maximum Gasteiger partial charge on any atom is 0.265 e. The number of nitrogens with zero attached hydrogens (tertiary/aromatic N) is 1. The molecule has 0 bridgehead atoms. The molecule has 0 fully saturated rings. The lowest BCUT2D eigenvalue weighted by Crippen LogP contribution is -2.32. The highest BCUT2D eigenvalue weighted by atomic mass is 32.2. The van der Waals surface area contributed by atoms with E-state index >= 15 is 0 Å². The maximum absolute atomic E-state index is 13.0. The van der Waals surface area contributed by atoms with Crippen molar-refractivity contribution in [2.24, 2.45) is 0 Å². The predicted octanol–water partition coefficient (Wildman–Crippen LogP) is 3.20. The van der Waals surface area contributed by atoms with Gasteiger partial charge in [0.15, 0.2) is 0 Å². The first-order chi connectivity index (χ1) is 12.8. The molecule has 0 aliphatic carbocycles. The van der Waals surface area contributed by atoms with Crippen molar-refractivity contribution in [3.63, 3.8) is 0 Å².